The first kappa shape index (κ1) is 45.3. The Balaban J connectivity index is -0.0000000326. The van der Waals surface area contributed by atoms with Crippen molar-refractivity contribution in [3.8, 4) is 0 Å². The van der Waals surface area contributed by atoms with Crippen LogP contribution in [0.2, 0.25) is 0 Å². The van der Waals surface area contributed by atoms with Gasteiger partial charge in [0, 0.05) is 14.6 Å². The van der Waals surface area contributed by atoms with Crippen LogP contribution in [0.1, 0.15) is 107 Å². The van der Waals surface area contributed by atoms with Crippen molar-refractivity contribution < 1.29 is 24.7 Å². The molecule has 0 saturated carbocycles. The second-order valence-electron chi connectivity index (χ2n) is 4.71. The number of rotatable bonds is 6. The van der Waals surface area contributed by atoms with Gasteiger partial charge in [-0.25, -0.2) is 0 Å². The summed E-state index contributed by atoms with van der Waals surface area (Å²) in [6, 6.07) is 0. The average molecular weight is 572 g/mol. The number of hydrogen-bond donors (Lipinski definition) is 0. The molecular weight excluding hydrogens is 531 g/mol. The molecule has 0 atom stereocenters. The van der Waals surface area contributed by atoms with E-state index in [0.29, 0.717) is 0 Å². The molecule has 9 heteroatoms. The largest absolute Gasteiger partial charge is 2.00 e. The molecule has 0 aliphatic rings. The van der Waals surface area contributed by atoms with Gasteiger partial charge in [0.05, 0.1) is 0 Å². The first-order valence-electron chi connectivity index (χ1n) is 9.07. The summed E-state index contributed by atoms with van der Waals surface area (Å²) >= 11 is 0. The van der Waals surface area contributed by atoms with E-state index < -0.39 is 14.6 Å². The minimum absolute atomic E-state index is 0. The third kappa shape index (κ3) is 156. The molecule has 0 N–H and O–H groups in total. The first-order valence-corrected chi connectivity index (χ1v) is 9.07. The molecule has 0 saturated heterocycles. The van der Waals surface area contributed by atoms with Crippen LogP contribution < -0.4 is 20.1 Å². The summed E-state index contributed by atoms with van der Waals surface area (Å²) in [5, 5.41) is 36.6. The van der Waals surface area contributed by atoms with Crippen molar-refractivity contribution >= 4 is 62.5 Å². The molecule has 148 valence electrons. The van der Waals surface area contributed by atoms with E-state index in [4.69, 9.17) is 20.1 Å². The summed E-state index contributed by atoms with van der Waals surface area (Å²) in [6.07, 6.45) is 10.6. The topological polar surface area (TPSA) is 101 Å². The molecular formula is C16H40B2O5Sn2. The van der Waals surface area contributed by atoms with Crippen LogP contribution >= 0.6 is 0 Å². The van der Waals surface area contributed by atoms with Crippen LogP contribution in [-0.4, -0.2) is 62.5 Å². The van der Waals surface area contributed by atoms with Crippen molar-refractivity contribution in [3.05, 3.63) is 0 Å². The van der Waals surface area contributed by atoms with E-state index in [1.807, 2.05) is 0 Å². The van der Waals surface area contributed by atoms with E-state index in [1.54, 1.807) is 0 Å². The first-order chi connectivity index (χ1) is 10.8. The Kier molecular flexibility index (Phi) is 102. The standard InChI is InChI=1S/4C4H10.B2O5.2Sn/c4*1-3-4-2;3-1(4)7-2(5)6;;/h4*3-4H2,1-2H3;;;/q;;;;-4;2*+2. The quantitative estimate of drug-likeness (QED) is 0.441. The van der Waals surface area contributed by atoms with Crippen LogP contribution in [0.4, 0.5) is 0 Å². The van der Waals surface area contributed by atoms with Gasteiger partial charge in [0.25, 0.3) is 0 Å². The summed E-state index contributed by atoms with van der Waals surface area (Å²) in [4.78, 5) is 0. The summed E-state index contributed by atoms with van der Waals surface area (Å²) < 4.78 is 3.03. The third-order valence-electron chi connectivity index (χ3n) is 2.22. The maximum absolute atomic E-state index is 9.16. The fraction of sp³-hybridized carbons (Fsp3) is 1.00. The van der Waals surface area contributed by atoms with Crippen molar-refractivity contribution in [2.24, 2.45) is 0 Å². The van der Waals surface area contributed by atoms with Gasteiger partial charge in [0.1, 0.15) is 0 Å². The molecule has 5 nitrogen and oxygen atoms in total. The van der Waals surface area contributed by atoms with Crippen LogP contribution in [0.3, 0.4) is 0 Å². The molecule has 0 unspecified atom stereocenters. The number of hydrogen-bond acceptors (Lipinski definition) is 5. The predicted molar refractivity (Wildman–Crippen MR) is 106 cm³/mol. The molecule has 0 aromatic rings. The zero-order chi connectivity index (χ0) is 19.5. The summed E-state index contributed by atoms with van der Waals surface area (Å²) in [7, 11) is -5.50. The normalized spacial score (nSPS) is 7.20. The Hall–Kier alpha value is 1.53. The molecule has 4 radical (unpaired) electrons. The van der Waals surface area contributed by atoms with Gasteiger partial charge in [-0.3, -0.25) is 0 Å². The van der Waals surface area contributed by atoms with Crippen LogP contribution in [0.5, 0.6) is 0 Å². The van der Waals surface area contributed by atoms with E-state index in [0.717, 1.165) is 0 Å². The van der Waals surface area contributed by atoms with Crippen LogP contribution in [0, 0.1) is 0 Å². The zero-order valence-electron chi connectivity index (χ0n) is 17.9. The SMILES string of the molecule is CCCC.CCCC.CCCC.CCCC.[O-]B([O-])OB([O-])[O-].[Sn+2].[Sn+2]. The molecule has 0 aromatic carbocycles. The Morgan fingerprint density at radius 2 is 0.560 bits per heavy atom. The van der Waals surface area contributed by atoms with Gasteiger partial charge in [0.15, 0.2) is 0 Å². The van der Waals surface area contributed by atoms with Gasteiger partial charge >= 0.3 is 47.8 Å². The Labute approximate surface area is 193 Å². The van der Waals surface area contributed by atoms with Crippen molar-refractivity contribution in [3.63, 3.8) is 0 Å². The minimum Gasteiger partial charge on any atom is -0.872 e. The van der Waals surface area contributed by atoms with E-state index in [2.05, 4.69) is 60.0 Å². The Bertz CT molecular complexity index is 120. The maximum Gasteiger partial charge on any atom is 2.00 e. The molecule has 0 bridgehead atoms. The maximum atomic E-state index is 9.16. The van der Waals surface area contributed by atoms with Gasteiger partial charge in [-0.05, 0) is 0 Å². The van der Waals surface area contributed by atoms with Crippen molar-refractivity contribution in [2.45, 2.75) is 107 Å². The molecule has 0 spiro atoms. The molecule has 0 rings (SSSR count). The second kappa shape index (κ2) is 56.2. The van der Waals surface area contributed by atoms with Gasteiger partial charge in [-0.2, -0.15) is 0 Å². The van der Waals surface area contributed by atoms with Crippen molar-refractivity contribution in [1.82, 2.24) is 0 Å². The predicted octanol–water partition coefficient (Wildman–Crippen LogP) is 0.878. The summed E-state index contributed by atoms with van der Waals surface area (Å²) in [5.74, 6) is 0. The zero-order valence-corrected chi connectivity index (χ0v) is 23.6. The third-order valence-corrected chi connectivity index (χ3v) is 2.22. The molecule has 25 heavy (non-hydrogen) atoms. The van der Waals surface area contributed by atoms with Crippen LogP contribution in [0.15, 0.2) is 0 Å². The average Bonchev–Trinajstić information content (AvgIpc) is 2.54. The van der Waals surface area contributed by atoms with E-state index in [1.165, 1.54) is 51.4 Å². The molecule has 0 amide bonds. The monoisotopic (exact) mass is 574 g/mol. The molecule has 0 aliphatic heterocycles. The van der Waals surface area contributed by atoms with Crippen molar-refractivity contribution in [1.29, 1.82) is 0 Å². The van der Waals surface area contributed by atoms with Crippen LogP contribution in [-0.2, 0) is 4.57 Å². The van der Waals surface area contributed by atoms with E-state index >= 15 is 0 Å². The van der Waals surface area contributed by atoms with Gasteiger partial charge in [-0.1, -0.05) is 107 Å². The minimum atomic E-state index is -2.75. The van der Waals surface area contributed by atoms with Gasteiger partial charge < -0.3 is 24.7 Å². The van der Waals surface area contributed by atoms with Gasteiger partial charge in [0.2, 0.25) is 0 Å². The Morgan fingerprint density at radius 3 is 0.560 bits per heavy atom. The van der Waals surface area contributed by atoms with Gasteiger partial charge in [-0.15, -0.1) is 0 Å². The second-order valence-corrected chi connectivity index (χ2v) is 4.71. The van der Waals surface area contributed by atoms with Crippen molar-refractivity contribution in [2.75, 3.05) is 0 Å². The fourth-order valence-corrected chi connectivity index (χ4v) is 0.0907. The Morgan fingerprint density at radius 1 is 0.440 bits per heavy atom. The summed E-state index contributed by atoms with van der Waals surface area (Å²) in [6.45, 7) is 17.4. The fourth-order valence-electron chi connectivity index (χ4n) is 0.0907. The van der Waals surface area contributed by atoms with E-state index in [9.17, 15) is 0 Å². The molecule has 0 fully saturated rings. The van der Waals surface area contributed by atoms with E-state index in [-0.39, 0.29) is 47.8 Å². The molecule has 0 heterocycles. The molecule has 0 aromatic heterocycles. The van der Waals surface area contributed by atoms with Crippen LogP contribution in [0.25, 0.3) is 0 Å². The summed E-state index contributed by atoms with van der Waals surface area (Å²) in [5.41, 5.74) is 0. The smallest absolute Gasteiger partial charge is 0.872 e. The number of unbranched alkanes of at least 4 members (excludes halogenated alkanes) is 4. The molecule has 0 aliphatic carbocycles.